The van der Waals surface area contributed by atoms with Gasteiger partial charge in [0.05, 0.1) is 11.6 Å². The molecule has 1 aliphatic heterocycles. The molecule has 0 unspecified atom stereocenters. The number of halogens is 2. The fourth-order valence-corrected chi connectivity index (χ4v) is 3.70. The van der Waals surface area contributed by atoms with Crippen LogP contribution in [0.5, 0.6) is 5.75 Å². The summed E-state index contributed by atoms with van der Waals surface area (Å²) in [6.45, 7) is 2.00. The van der Waals surface area contributed by atoms with Gasteiger partial charge in [0.25, 0.3) is 5.91 Å². The van der Waals surface area contributed by atoms with Gasteiger partial charge in [-0.05, 0) is 49.2 Å². The van der Waals surface area contributed by atoms with E-state index in [1.165, 1.54) is 0 Å². The van der Waals surface area contributed by atoms with E-state index in [4.69, 9.17) is 27.9 Å². The number of piperidine rings is 1. The molecule has 1 saturated heterocycles. The average Bonchev–Trinajstić information content (AvgIpc) is 2.74. The first-order chi connectivity index (χ1) is 14.0. The Morgan fingerprint density at radius 1 is 1.07 bits per heavy atom. The first-order valence-corrected chi connectivity index (χ1v) is 10.4. The minimum Gasteiger partial charge on any atom is -0.490 e. The van der Waals surface area contributed by atoms with Gasteiger partial charge >= 0.3 is 0 Å². The molecule has 0 radical (unpaired) electrons. The molecule has 2 aromatic rings. The van der Waals surface area contributed by atoms with Crippen LogP contribution in [0.15, 0.2) is 48.5 Å². The second kappa shape index (κ2) is 9.99. The third-order valence-electron chi connectivity index (χ3n) is 5.12. The first-order valence-electron chi connectivity index (χ1n) is 9.63. The van der Waals surface area contributed by atoms with Crippen LogP contribution in [0.2, 0.25) is 10.0 Å². The molecule has 1 aliphatic rings. The maximum Gasteiger partial charge on any atom is 0.253 e. The monoisotopic (exact) mass is 434 g/mol. The van der Waals surface area contributed by atoms with Gasteiger partial charge in [-0.3, -0.25) is 9.59 Å². The molecule has 29 heavy (non-hydrogen) atoms. The zero-order chi connectivity index (χ0) is 20.8. The molecule has 7 heteroatoms. The van der Waals surface area contributed by atoms with Crippen molar-refractivity contribution >= 4 is 35.0 Å². The molecule has 0 saturated carbocycles. The number of likely N-dealkylation sites (tertiary alicyclic amines) is 1. The number of carbonyl (C=O) groups excluding carboxylic acids is 2. The van der Waals surface area contributed by atoms with Gasteiger partial charge in [0.2, 0.25) is 5.91 Å². The normalized spacial score (nSPS) is 14.5. The quantitative estimate of drug-likeness (QED) is 0.677. The first kappa shape index (κ1) is 21.5. The Morgan fingerprint density at radius 2 is 1.72 bits per heavy atom. The van der Waals surface area contributed by atoms with E-state index < -0.39 is 0 Å². The number of ether oxygens (including phenoxy) is 1. The van der Waals surface area contributed by atoms with Crippen molar-refractivity contribution in [2.75, 3.05) is 33.3 Å². The number of nitrogens with zero attached hydrogens (tertiary/aromatic N) is 2. The summed E-state index contributed by atoms with van der Waals surface area (Å²) in [7, 11) is 1.78. The Balaban J connectivity index is 1.44. The molecule has 1 heterocycles. The van der Waals surface area contributed by atoms with Crippen LogP contribution in [-0.2, 0) is 4.79 Å². The van der Waals surface area contributed by atoms with Crippen molar-refractivity contribution < 1.29 is 14.3 Å². The summed E-state index contributed by atoms with van der Waals surface area (Å²) in [6.07, 6.45) is 1.32. The lowest BCUT2D eigenvalue weighted by molar-refractivity contribution is -0.135. The van der Waals surface area contributed by atoms with Crippen LogP contribution in [-0.4, -0.2) is 54.9 Å². The third kappa shape index (κ3) is 5.64. The minimum atomic E-state index is -0.0745. The summed E-state index contributed by atoms with van der Waals surface area (Å²) in [5.74, 6) is 0.610. The average molecular weight is 435 g/mol. The number of carbonyl (C=O) groups is 2. The Bertz CT molecular complexity index is 849. The SMILES string of the molecule is CN(CCOc1ccccc1Cl)C(=O)C1CCN(C(=O)c2ccc(Cl)cc2)CC1. The Hall–Kier alpha value is -2.24. The van der Waals surface area contributed by atoms with E-state index in [2.05, 4.69) is 0 Å². The van der Waals surface area contributed by atoms with Crippen molar-refractivity contribution in [1.29, 1.82) is 0 Å². The molecule has 3 rings (SSSR count). The van der Waals surface area contributed by atoms with E-state index in [1.54, 1.807) is 53.2 Å². The molecule has 2 aromatic carbocycles. The van der Waals surface area contributed by atoms with Crippen LogP contribution in [0.1, 0.15) is 23.2 Å². The molecule has 154 valence electrons. The number of hydrogen-bond acceptors (Lipinski definition) is 3. The van der Waals surface area contributed by atoms with Crippen LogP contribution in [0.3, 0.4) is 0 Å². The number of hydrogen-bond donors (Lipinski definition) is 0. The maximum absolute atomic E-state index is 12.7. The van der Waals surface area contributed by atoms with E-state index >= 15 is 0 Å². The van der Waals surface area contributed by atoms with E-state index in [9.17, 15) is 9.59 Å². The highest BCUT2D eigenvalue weighted by molar-refractivity contribution is 6.32. The Kier molecular flexibility index (Phi) is 7.40. The Morgan fingerprint density at radius 3 is 2.38 bits per heavy atom. The van der Waals surface area contributed by atoms with Gasteiger partial charge in [-0.2, -0.15) is 0 Å². The van der Waals surface area contributed by atoms with Crippen LogP contribution in [0, 0.1) is 5.92 Å². The largest absolute Gasteiger partial charge is 0.490 e. The lowest BCUT2D eigenvalue weighted by atomic mass is 9.95. The van der Waals surface area contributed by atoms with Crippen LogP contribution in [0.4, 0.5) is 0 Å². The molecule has 1 fully saturated rings. The van der Waals surface area contributed by atoms with Gasteiger partial charge in [0.1, 0.15) is 12.4 Å². The molecule has 0 bridgehead atoms. The second-order valence-electron chi connectivity index (χ2n) is 7.11. The van der Waals surface area contributed by atoms with Gasteiger partial charge in [-0.1, -0.05) is 35.3 Å². The fourth-order valence-electron chi connectivity index (χ4n) is 3.38. The van der Waals surface area contributed by atoms with Crippen molar-refractivity contribution in [3.05, 3.63) is 64.1 Å². The van der Waals surface area contributed by atoms with Gasteiger partial charge in [-0.25, -0.2) is 0 Å². The highest BCUT2D eigenvalue weighted by atomic mass is 35.5. The van der Waals surface area contributed by atoms with Crippen molar-refractivity contribution in [2.45, 2.75) is 12.8 Å². The van der Waals surface area contributed by atoms with Crippen molar-refractivity contribution in [2.24, 2.45) is 5.92 Å². The van der Waals surface area contributed by atoms with Crippen molar-refractivity contribution in [3.63, 3.8) is 0 Å². The number of likely N-dealkylation sites (N-methyl/N-ethyl adjacent to an activating group) is 1. The maximum atomic E-state index is 12.7. The van der Waals surface area contributed by atoms with Crippen LogP contribution in [0.25, 0.3) is 0 Å². The second-order valence-corrected chi connectivity index (χ2v) is 7.96. The van der Waals surface area contributed by atoms with E-state index in [1.807, 2.05) is 12.1 Å². The van der Waals surface area contributed by atoms with Crippen LogP contribution < -0.4 is 4.74 Å². The summed E-state index contributed by atoms with van der Waals surface area (Å²) in [5.41, 5.74) is 0.619. The number of amides is 2. The lowest BCUT2D eigenvalue weighted by Crippen LogP contribution is -2.44. The molecule has 0 aromatic heterocycles. The highest BCUT2D eigenvalue weighted by Crippen LogP contribution is 2.24. The zero-order valence-electron chi connectivity index (χ0n) is 16.3. The van der Waals surface area contributed by atoms with Crippen molar-refractivity contribution in [3.8, 4) is 5.75 Å². The van der Waals surface area contributed by atoms with Gasteiger partial charge in [0, 0.05) is 36.6 Å². The number of rotatable bonds is 6. The molecular weight excluding hydrogens is 411 g/mol. The Labute approximate surface area is 181 Å². The van der Waals surface area contributed by atoms with Gasteiger partial charge in [-0.15, -0.1) is 0 Å². The van der Waals surface area contributed by atoms with Crippen molar-refractivity contribution in [1.82, 2.24) is 9.80 Å². The van der Waals surface area contributed by atoms with E-state index in [-0.39, 0.29) is 17.7 Å². The van der Waals surface area contributed by atoms with E-state index in [0.29, 0.717) is 60.4 Å². The molecule has 0 aliphatic carbocycles. The molecular formula is C22H24Cl2N2O3. The topological polar surface area (TPSA) is 49.9 Å². The summed E-state index contributed by atoms with van der Waals surface area (Å²) in [6, 6.07) is 14.2. The number of para-hydroxylation sites is 1. The summed E-state index contributed by atoms with van der Waals surface area (Å²) in [4.78, 5) is 28.8. The highest BCUT2D eigenvalue weighted by Gasteiger charge is 2.29. The number of benzene rings is 2. The molecule has 2 amide bonds. The lowest BCUT2D eigenvalue weighted by Gasteiger charge is -2.33. The predicted octanol–water partition coefficient (Wildman–Crippen LogP) is 4.38. The zero-order valence-corrected chi connectivity index (χ0v) is 17.8. The van der Waals surface area contributed by atoms with Gasteiger partial charge in [0.15, 0.2) is 0 Å². The standard InChI is InChI=1S/C22H24Cl2N2O3/c1-25(14-15-29-20-5-3-2-4-19(20)24)21(27)17-10-12-26(13-11-17)22(28)16-6-8-18(23)9-7-16/h2-9,17H,10-15H2,1H3. The fraction of sp³-hybridized carbons (Fsp3) is 0.364. The summed E-state index contributed by atoms with van der Waals surface area (Å²) >= 11 is 12.0. The molecule has 0 spiro atoms. The third-order valence-corrected chi connectivity index (χ3v) is 5.68. The summed E-state index contributed by atoms with van der Waals surface area (Å²) < 4.78 is 5.66. The van der Waals surface area contributed by atoms with Crippen LogP contribution >= 0.6 is 23.2 Å². The smallest absolute Gasteiger partial charge is 0.253 e. The van der Waals surface area contributed by atoms with E-state index in [0.717, 1.165) is 0 Å². The van der Waals surface area contributed by atoms with Gasteiger partial charge < -0.3 is 14.5 Å². The minimum absolute atomic E-state index is 0.0194. The molecule has 0 atom stereocenters. The predicted molar refractivity (Wildman–Crippen MR) is 115 cm³/mol. The molecule has 0 N–H and O–H groups in total. The summed E-state index contributed by atoms with van der Waals surface area (Å²) in [5, 5.41) is 1.16. The molecule has 5 nitrogen and oxygen atoms in total.